The molecule has 2 aromatic heterocycles. The van der Waals surface area contributed by atoms with Gasteiger partial charge in [-0.25, -0.2) is 9.97 Å². The first kappa shape index (κ1) is 15.2. The SMILES string of the molecule is O=C(Nc1ncccc1O)c1ccc(-n2ccnc2)c([N+](=O)[O-])c1. The number of carbonyl (C=O) groups is 1. The molecule has 2 N–H and O–H groups in total. The zero-order valence-corrected chi connectivity index (χ0v) is 12.2. The molecule has 120 valence electrons. The molecule has 24 heavy (non-hydrogen) atoms. The summed E-state index contributed by atoms with van der Waals surface area (Å²) < 4.78 is 1.48. The Kier molecular flexibility index (Phi) is 3.89. The molecule has 0 unspecified atom stereocenters. The average Bonchev–Trinajstić information content (AvgIpc) is 3.10. The molecule has 0 aliphatic carbocycles. The van der Waals surface area contributed by atoms with E-state index in [2.05, 4.69) is 15.3 Å². The van der Waals surface area contributed by atoms with Gasteiger partial charge in [-0.2, -0.15) is 0 Å². The van der Waals surface area contributed by atoms with Crippen molar-refractivity contribution in [3.8, 4) is 11.4 Å². The number of pyridine rings is 1. The fourth-order valence-electron chi connectivity index (χ4n) is 2.10. The largest absolute Gasteiger partial charge is 0.504 e. The third-order valence-corrected chi connectivity index (χ3v) is 3.24. The van der Waals surface area contributed by atoms with Crippen LogP contribution in [0.4, 0.5) is 11.5 Å². The number of hydrogen-bond donors (Lipinski definition) is 2. The van der Waals surface area contributed by atoms with Gasteiger partial charge >= 0.3 is 0 Å². The van der Waals surface area contributed by atoms with E-state index in [4.69, 9.17) is 0 Å². The van der Waals surface area contributed by atoms with Crippen molar-refractivity contribution in [1.29, 1.82) is 0 Å². The number of aromatic nitrogens is 3. The maximum atomic E-state index is 12.2. The minimum Gasteiger partial charge on any atom is -0.504 e. The summed E-state index contributed by atoms with van der Waals surface area (Å²) in [6.07, 6.45) is 5.89. The molecule has 1 amide bonds. The van der Waals surface area contributed by atoms with Crippen molar-refractivity contribution < 1.29 is 14.8 Å². The molecule has 3 rings (SSSR count). The van der Waals surface area contributed by atoms with Crippen LogP contribution in [-0.4, -0.2) is 30.5 Å². The summed E-state index contributed by atoms with van der Waals surface area (Å²) in [5, 5.41) is 23.3. The molecule has 0 bridgehead atoms. The second-order valence-corrected chi connectivity index (χ2v) is 4.76. The highest BCUT2D eigenvalue weighted by molar-refractivity contribution is 6.05. The van der Waals surface area contributed by atoms with Crippen LogP contribution in [-0.2, 0) is 0 Å². The standard InChI is InChI=1S/C15H11N5O4/c21-13-2-1-5-17-14(13)18-15(22)10-3-4-11(12(8-10)20(23)24)19-7-6-16-9-19/h1-9,21H,(H,17,18,22). The Morgan fingerprint density at radius 2 is 2.12 bits per heavy atom. The summed E-state index contributed by atoms with van der Waals surface area (Å²) in [6.45, 7) is 0. The molecule has 9 nitrogen and oxygen atoms in total. The minimum absolute atomic E-state index is 0.0242. The van der Waals surface area contributed by atoms with Gasteiger partial charge in [-0.15, -0.1) is 0 Å². The number of carbonyl (C=O) groups excluding carboxylic acids is 1. The van der Waals surface area contributed by atoms with Crippen molar-refractivity contribution in [2.24, 2.45) is 0 Å². The van der Waals surface area contributed by atoms with Crippen molar-refractivity contribution >= 4 is 17.4 Å². The van der Waals surface area contributed by atoms with E-state index in [1.54, 1.807) is 6.20 Å². The van der Waals surface area contributed by atoms with Gasteiger partial charge in [-0.3, -0.25) is 14.9 Å². The van der Waals surface area contributed by atoms with Gasteiger partial charge in [0.15, 0.2) is 11.6 Å². The predicted molar refractivity (Wildman–Crippen MR) is 84.1 cm³/mol. The molecule has 9 heteroatoms. The molecule has 0 saturated carbocycles. The number of imidazole rings is 1. The van der Waals surface area contributed by atoms with E-state index in [1.165, 1.54) is 47.6 Å². The highest BCUT2D eigenvalue weighted by Crippen LogP contribution is 2.25. The highest BCUT2D eigenvalue weighted by atomic mass is 16.6. The summed E-state index contributed by atoms with van der Waals surface area (Å²) in [5.74, 6) is -0.844. The molecular formula is C15H11N5O4. The van der Waals surface area contributed by atoms with Gasteiger partial charge < -0.3 is 15.0 Å². The number of nitrogens with zero attached hydrogens (tertiary/aromatic N) is 4. The summed E-state index contributed by atoms with van der Waals surface area (Å²) in [7, 11) is 0. The fourth-order valence-corrected chi connectivity index (χ4v) is 2.10. The van der Waals surface area contributed by atoms with Crippen LogP contribution in [0.2, 0.25) is 0 Å². The number of benzene rings is 1. The van der Waals surface area contributed by atoms with Crippen LogP contribution < -0.4 is 5.32 Å². The normalized spacial score (nSPS) is 10.3. The Labute approximate surface area is 135 Å². The Bertz CT molecular complexity index is 908. The monoisotopic (exact) mass is 325 g/mol. The van der Waals surface area contributed by atoms with Gasteiger partial charge in [0.1, 0.15) is 5.69 Å². The smallest absolute Gasteiger partial charge is 0.294 e. The Balaban J connectivity index is 1.94. The zero-order valence-electron chi connectivity index (χ0n) is 12.2. The van der Waals surface area contributed by atoms with Gasteiger partial charge in [0.25, 0.3) is 11.6 Å². The lowest BCUT2D eigenvalue weighted by molar-refractivity contribution is -0.384. The molecule has 0 spiro atoms. The third kappa shape index (κ3) is 2.90. The molecule has 0 fully saturated rings. The molecule has 3 aromatic rings. The second-order valence-electron chi connectivity index (χ2n) is 4.76. The van der Waals surface area contributed by atoms with Crippen LogP contribution >= 0.6 is 0 Å². The Morgan fingerprint density at radius 3 is 2.79 bits per heavy atom. The molecule has 0 radical (unpaired) electrons. The second kappa shape index (κ2) is 6.16. The summed E-state index contributed by atoms with van der Waals surface area (Å²) in [6, 6.07) is 6.93. The van der Waals surface area contributed by atoms with Crippen LogP contribution in [0.15, 0.2) is 55.2 Å². The summed E-state index contributed by atoms with van der Waals surface area (Å²) >= 11 is 0. The van der Waals surface area contributed by atoms with Crippen LogP contribution in [0.5, 0.6) is 5.75 Å². The first-order valence-electron chi connectivity index (χ1n) is 6.78. The number of aromatic hydroxyl groups is 1. The number of nitro benzene ring substituents is 1. The molecule has 1 aromatic carbocycles. The quantitative estimate of drug-likeness (QED) is 0.559. The maximum Gasteiger partial charge on any atom is 0.294 e. The molecule has 0 saturated heterocycles. The first-order chi connectivity index (χ1) is 11.6. The van der Waals surface area contributed by atoms with E-state index in [1.807, 2.05) is 0 Å². The average molecular weight is 325 g/mol. The fraction of sp³-hybridized carbons (Fsp3) is 0. The van der Waals surface area contributed by atoms with Gasteiger partial charge in [-0.05, 0) is 24.3 Å². The first-order valence-corrected chi connectivity index (χ1v) is 6.78. The van der Waals surface area contributed by atoms with Crippen LogP contribution in [0.1, 0.15) is 10.4 Å². The number of nitrogens with one attached hydrogen (secondary N) is 1. The van der Waals surface area contributed by atoms with E-state index in [0.29, 0.717) is 0 Å². The Hall–Kier alpha value is -3.75. The summed E-state index contributed by atoms with van der Waals surface area (Å²) in [4.78, 5) is 30.6. The van der Waals surface area contributed by atoms with Crippen molar-refractivity contribution in [3.63, 3.8) is 0 Å². The number of hydrogen-bond acceptors (Lipinski definition) is 6. The van der Waals surface area contributed by atoms with E-state index in [0.717, 1.165) is 6.07 Å². The topological polar surface area (TPSA) is 123 Å². The van der Waals surface area contributed by atoms with E-state index in [9.17, 15) is 20.0 Å². The lowest BCUT2D eigenvalue weighted by Crippen LogP contribution is -2.13. The summed E-state index contributed by atoms with van der Waals surface area (Å²) in [5.41, 5.74) is 0.108. The van der Waals surface area contributed by atoms with E-state index in [-0.39, 0.29) is 28.5 Å². The third-order valence-electron chi connectivity index (χ3n) is 3.24. The van der Waals surface area contributed by atoms with Gasteiger partial charge in [-0.1, -0.05) is 0 Å². The minimum atomic E-state index is -0.621. The number of anilines is 1. The molecule has 2 heterocycles. The molecule has 0 atom stereocenters. The highest BCUT2D eigenvalue weighted by Gasteiger charge is 2.19. The lowest BCUT2D eigenvalue weighted by atomic mass is 10.1. The van der Waals surface area contributed by atoms with Crippen LogP contribution in [0.3, 0.4) is 0 Å². The predicted octanol–water partition coefficient (Wildman–Crippen LogP) is 2.13. The van der Waals surface area contributed by atoms with Crippen molar-refractivity contribution in [2.45, 2.75) is 0 Å². The van der Waals surface area contributed by atoms with Crippen LogP contribution in [0, 0.1) is 10.1 Å². The van der Waals surface area contributed by atoms with Crippen molar-refractivity contribution in [2.75, 3.05) is 5.32 Å². The van der Waals surface area contributed by atoms with Crippen LogP contribution in [0.25, 0.3) is 5.69 Å². The van der Waals surface area contributed by atoms with E-state index < -0.39 is 10.8 Å². The number of nitro groups is 1. The molecular weight excluding hydrogens is 314 g/mol. The maximum absolute atomic E-state index is 12.2. The Morgan fingerprint density at radius 1 is 1.29 bits per heavy atom. The van der Waals surface area contributed by atoms with Gasteiger partial charge in [0.05, 0.1) is 11.3 Å². The molecule has 0 aliphatic heterocycles. The van der Waals surface area contributed by atoms with Crippen molar-refractivity contribution in [1.82, 2.24) is 14.5 Å². The molecule has 0 aliphatic rings. The van der Waals surface area contributed by atoms with Gasteiger partial charge in [0, 0.05) is 30.2 Å². The lowest BCUT2D eigenvalue weighted by Gasteiger charge is -2.08. The number of rotatable bonds is 4. The van der Waals surface area contributed by atoms with E-state index >= 15 is 0 Å². The zero-order chi connectivity index (χ0) is 17.1. The van der Waals surface area contributed by atoms with Crippen molar-refractivity contribution in [3.05, 3.63) is 70.9 Å². The van der Waals surface area contributed by atoms with Gasteiger partial charge in [0.2, 0.25) is 0 Å². The number of amides is 1.